The fraction of sp³-hybridized carbons (Fsp3) is 0.333. The molecule has 11 heteroatoms. The summed E-state index contributed by atoms with van der Waals surface area (Å²) in [5.74, 6) is -0.0634. The van der Waals surface area contributed by atoms with Gasteiger partial charge in [-0.15, -0.1) is 0 Å². The maximum atomic E-state index is 13.3. The van der Waals surface area contributed by atoms with Crippen molar-refractivity contribution in [2.24, 2.45) is 0 Å². The van der Waals surface area contributed by atoms with Gasteiger partial charge in [-0.2, -0.15) is 9.97 Å². The molecule has 4 aromatic rings. The van der Waals surface area contributed by atoms with Crippen LogP contribution in [0.15, 0.2) is 36.7 Å². The van der Waals surface area contributed by atoms with Crippen LogP contribution in [0.3, 0.4) is 0 Å². The molecule has 1 saturated heterocycles. The van der Waals surface area contributed by atoms with Crippen LogP contribution in [0, 0.1) is 20.8 Å². The number of hydrogen-bond donors (Lipinski definition) is 3. The number of rotatable bonds is 6. The van der Waals surface area contributed by atoms with Crippen molar-refractivity contribution in [1.29, 1.82) is 0 Å². The molecule has 2 aliphatic heterocycles. The Morgan fingerprint density at radius 1 is 1.02 bits per heavy atom. The number of nitrogens with one attached hydrogen (secondary N) is 3. The molecule has 0 bridgehead atoms. The molecule has 1 atom stereocenters. The van der Waals surface area contributed by atoms with E-state index in [4.69, 9.17) is 9.97 Å². The molecule has 0 aliphatic carbocycles. The minimum atomic E-state index is -0.690. The van der Waals surface area contributed by atoms with Gasteiger partial charge in [0.15, 0.2) is 17.0 Å². The van der Waals surface area contributed by atoms with Crippen LogP contribution in [0.4, 0.5) is 23.1 Å². The largest absolute Gasteiger partial charge is 0.338 e. The number of aryl methyl sites for hydroxylation is 3. The Kier molecular flexibility index (Phi) is 6.44. The number of fused-ring (bicyclic) bond motifs is 2. The number of nitrogens with zero attached hydrogens (tertiary/aromatic N) is 5. The van der Waals surface area contributed by atoms with Crippen LogP contribution in [-0.2, 0) is 16.1 Å². The smallest absolute Gasteiger partial charge is 0.255 e. The Morgan fingerprint density at radius 3 is 2.49 bits per heavy atom. The van der Waals surface area contributed by atoms with Gasteiger partial charge in [0.05, 0.1) is 6.33 Å². The maximum absolute atomic E-state index is 13.3. The molecule has 11 nitrogen and oxygen atoms in total. The van der Waals surface area contributed by atoms with E-state index < -0.39 is 11.9 Å². The van der Waals surface area contributed by atoms with Gasteiger partial charge in [0, 0.05) is 41.5 Å². The van der Waals surface area contributed by atoms with E-state index in [-0.39, 0.29) is 30.8 Å². The minimum absolute atomic E-state index is 0.124. The standard InChI is InChI=1S/C30H32N8O3/c1-15(2)38-14-31-25-26(35-30(36-27(25)38)34-24-17(4)11-16(3)12-18(24)5)32-21-8-6-7-19-20(21)13-37(29(19)41)22-9-10-23(39)33-28(22)40/h6-8,11-12,14-15,22H,9-10,13H2,1-5H3,(H,33,39,40)(H2,32,34,35,36). The Balaban J connectivity index is 1.39. The lowest BCUT2D eigenvalue weighted by molar-refractivity contribution is -0.136. The first kappa shape index (κ1) is 26.4. The predicted molar refractivity (Wildman–Crippen MR) is 155 cm³/mol. The van der Waals surface area contributed by atoms with Gasteiger partial charge in [0.2, 0.25) is 17.8 Å². The third-order valence-electron chi connectivity index (χ3n) is 7.73. The lowest BCUT2D eigenvalue weighted by Crippen LogP contribution is -2.52. The topological polar surface area (TPSA) is 134 Å². The molecule has 6 rings (SSSR count). The molecule has 1 fully saturated rings. The molecule has 0 saturated carbocycles. The van der Waals surface area contributed by atoms with E-state index in [2.05, 4.69) is 67.7 Å². The van der Waals surface area contributed by atoms with Crippen LogP contribution >= 0.6 is 0 Å². The molecular formula is C30H32N8O3. The summed E-state index contributed by atoms with van der Waals surface area (Å²) < 4.78 is 1.99. The van der Waals surface area contributed by atoms with Crippen LogP contribution < -0.4 is 16.0 Å². The molecule has 1 unspecified atom stereocenters. The molecule has 3 amide bonds. The second kappa shape index (κ2) is 9.99. The number of imidazole rings is 1. The summed E-state index contributed by atoms with van der Waals surface area (Å²) in [5.41, 5.74) is 7.56. The molecule has 0 radical (unpaired) electrons. The molecule has 41 heavy (non-hydrogen) atoms. The number of hydrogen-bond acceptors (Lipinski definition) is 8. The Bertz CT molecular complexity index is 1720. The van der Waals surface area contributed by atoms with Gasteiger partial charge in [-0.3, -0.25) is 19.7 Å². The van der Waals surface area contributed by atoms with Gasteiger partial charge in [-0.25, -0.2) is 4.98 Å². The molecule has 2 aliphatic rings. The third kappa shape index (κ3) is 4.66. The highest BCUT2D eigenvalue weighted by atomic mass is 16.2. The van der Waals surface area contributed by atoms with Gasteiger partial charge in [-0.1, -0.05) is 23.8 Å². The number of amides is 3. The molecule has 2 aromatic carbocycles. The Hall–Kier alpha value is -4.80. The summed E-state index contributed by atoms with van der Waals surface area (Å²) >= 11 is 0. The number of carbonyl (C=O) groups is 3. The van der Waals surface area contributed by atoms with Crippen molar-refractivity contribution >= 4 is 52.0 Å². The van der Waals surface area contributed by atoms with Crippen molar-refractivity contribution in [2.75, 3.05) is 10.6 Å². The molecule has 4 heterocycles. The van der Waals surface area contributed by atoms with Gasteiger partial charge in [0.25, 0.3) is 5.91 Å². The lowest BCUT2D eigenvalue weighted by atomic mass is 10.0. The zero-order valence-electron chi connectivity index (χ0n) is 23.7. The van der Waals surface area contributed by atoms with E-state index >= 15 is 0 Å². The van der Waals surface area contributed by atoms with Crippen LogP contribution in [-0.4, -0.2) is 48.2 Å². The third-order valence-corrected chi connectivity index (χ3v) is 7.73. The summed E-state index contributed by atoms with van der Waals surface area (Å²) in [6, 6.07) is 9.11. The molecular weight excluding hydrogens is 520 g/mol. The van der Waals surface area contributed by atoms with Crippen molar-refractivity contribution in [1.82, 2.24) is 29.7 Å². The highest BCUT2D eigenvalue weighted by Gasteiger charge is 2.40. The number of carbonyl (C=O) groups excluding carboxylic acids is 3. The van der Waals surface area contributed by atoms with Crippen LogP contribution in [0.5, 0.6) is 0 Å². The van der Waals surface area contributed by atoms with Crippen molar-refractivity contribution in [3.8, 4) is 0 Å². The van der Waals surface area contributed by atoms with Gasteiger partial charge >= 0.3 is 0 Å². The fourth-order valence-corrected chi connectivity index (χ4v) is 5.76. The van der Waals surface area contributed by atoms with Crippen LogP contribution in [0.2, 0.25) is 0 Å². The van der Waals surface area contributed by atoms with E-state index in [1.807, 2.05) is 10.6 Å². The first-order valence-electron chi connectivity index (χ1n) is 13.7. The highest BCUT2D eigenvalue weighted by molar-refractivity contribution is 6.06. The SMILES string of the molecule is Cc1cc(C)c(Nc2nc(Nc3cccc4c3CN(C3CCC(=O)NC3=O)C4=O)c3ncn(C(C)C)c3n2)c(C)c1. The van der Waals surface area contributed by atoms with Gasteiger partial charge < -0.3 is 20.1 Å². The first-order chi connectivity index (χ1) is 19.6. The quantitative estimate of drug-likeness (QED) is 0.296. The number of aromatic nitrogens is 4. The zero-order chi connectivity index (χ0) is 29.0. The highest BCUT2D eigenvalue weighted by Crippen LogP contribution is 2.35. The molecule has 2 aromatic heterocycles. The maximum Gasteiger partial charge on any atom is 0.255 e. The summed E-state index contributed by atoms with van der Waals surface area (Å²) in [6.45, 7) is 10.5. The Morgan fingerprint density at radius 2 is 1.78 bits per heavy atom. The molecule has 3 N–H and O–H groups in total. The summed E-state index contributed by atoms with van der Waals surface area (Å²) in [5, 5.41) is 9.20. The van der Waals surface area contributed by atoms with Crippen LogP contribution in [0.1, 0.15) is 65.3 Å². The fourth-order valence-electron chi connectivity index (χ4n) is 5.76. The number of piperidine rings is 1. The monoisotopic (exact) mass is 552 g/mol. The molecule has 210 valence electrons. The van der Waals surface area contributed by atoms with Gasteiger partial charge in [-0.05, 0) is 64.3 Å². The van der Waals surface area contributed by atoms with E-state index in [1.165, 1.54) is 10.5 Å². The summed E-state index contributed by atoms with van der Waals surface area (Å²) in [4.78, 5) is 53.4. The summed E-state index contributed by atoms with van der Waals surface area (Å²) in [6.07, 6.45) is 2.26. The van der Waals surface area contributed by atoms with Crippen LogP contribution in [0.25, 0.3) is 11.2 Å². The van der Waals surface area contributed by atoms with E-state index in [9.17, 15) is 14.4 Å². The number of anilines is 4. The average molecular weight is 553 g/mol. The minimum Gasteiger partial charge on any atom is -0.338 e. The van der Waals surface area contributed by atoms with E-state index in [1.54, 1.807) is 18.5 Å². The first-order valence-corrected chi connectivity index (χ1v) is 13.7. The van der Waals surface area contributed by atoms with Crippen molar-refractivity contribution < 1.29 is 14.4 Å². The van der Waals surface area contributed by atoms with Crippen molar-refractivity contribution in [2.45, 2.75) is 66.1 Å². The number of imide groups is 1. The zero-order valence-corrected chi connectivity index (χ0v) is 23.7. The second-order valence-corrected chi connectivity index (χ2v) is 11.1. The normalized spacial score (nSPS) is 16.9. The molecule has 0 spiro atoms. The average Bonchev–Trinajstić information content (AvgIpc) is 3.49. The van der Waals surface area contributed by atoms with E-state index in [0.29, 0.717) is 40.6 Å². The van der Waals surface area contributed by atoms with Crippen molar-refractivity contribution in [3.05, 3.63) is 64.5 Å². The lowest BCUT2D eigenvalue weighted by Gasteiger charge is -2.29. The van der Waals surface area contributed by atoms with Crippen molar-refractivity contribution in [3.63, 3.8) is 0 Å². The summed E-state index contributed by atoms with van der Waals surface area (Å²) in [7, 11) is 0. The number of benzene rings is 2. The Labute approximate surface area is 237 Å². The van der Waals surface area contributed by atoms with E-state index in [0.717, 1.165) is 22.4 Å². The second-order valence-electron chi connectivity index (χ2n) is 11.1. The predicted octanol–water partition coefficient (Wildman–Crippen LogP) is 4.58. The van der Waals surface area contributed by atoms with Gasteiger partial charge in [0.1, 0.15) is 6.04 Å².